The summed E-state index contributed by atoms with van der Waals surface area (Å²) in [5, 5.41) is 0. The first-order valence-corrected chi connectivity index (χ1v) is 7.65. The molecule has 3 nitrogen and oxygen atoms in total. The van der Waals surface area contributed by atoms with Gasteiger partial charge in [-0.25, -0.2) is 4.98 Å². The highest BCUT2D eigenvalue weighted by Crippen LogP contribution is 2.34. The molecule has 1 saturated carbocycles. The predicted octanol–water partition coefficient (Wildman–Crippen LogP) is 4.54. The van der Waals surface area contributed by atoms with Crippen molar-refractivity contribution in [3.05, 3.63) is 22.6 Å². The van der Waals surface area contributed by atoms with Crippen molar-refractivity contribution in [1.82, 2.24) is 14.5 Å². The van der Waals surface area contributed by atoms with Gasteiger partial charge in [0.1, 0.15) is 0 Å². The Hall–Kier alpha value is -1.16. The van der Waals surface area contributed by atoms with Crippen molar-refractivity contribution in [1.29, 1.82) is 0 Å². The molecule has 1 unspecified atom stereocenters. The van der Waals surface area contributed by atoms with Crippen LogP contribution in [0.1, 0.15) is 50.8 Å². The summed E-state index contributed by atoms with van der Waals surface area (Å²) in [6.07, 6.45) is 6.75. The third-order valence-electron chi connectivity index (χ3n) is 4.44. The molecular formula is C15H21N3S. The Bertz CT molecular complexity index is 634. The number of fused-ring (bicyclic) bond motifs is 1. The molecule has 3 rings (SSSR count). The molecule has 19 heavy (non-hydrogen) atoms. The maximum atomic E-state index is 5.51. The molecule has 0 aliphatic heterocycles. The molecule has 2 aromatic rings. The zero-order valence-corrected chi connectivity index (χ0v) is 12.5. The van der Waals surface area contributed by atoms with Crippen molar-refractivity contribution < 1.29 is 0 Å². The molecule has 1 N–H and O–H groups in total. The van der Waals surface area contributed by atoms with Crippen LogP contribution < -0.4 is 0 Å². The predicted molar refractivity (Wildman–Crippen MR) is 80.9 cm³/mol. The number of imidazole rings is 1. The van der Waals surface area contributed by atoms with Crippen LogP contribution in [0.3, 0.4) is 0 Å². The van der Waals surface area contributed by atoms with Crippen LogP contribution in [0.4, 0.5) is 0 Å². The number of pyridine rings is 1. The van der Waals surface area contributed by atoms with Gasteiger partial charge in [-0.05, 0) is 57.0 Å². The lowest BCUT2D eigenvalue weighted by Crippen LogP contribution is -2.19. The van der Waals surface area contributed by atoms with Crippen LogP contribution in [0, 0.1) is 17.6 Å². The largest absolute Gasteiger partial charge is 0.329 e. The third-order valence-corrected chi connectivity index (χ3v) is 4.74. The Morgan fingerprint density at radius 1 is 1.32 bits per heavy atom. The van der Waals surface area contributed by atoms with Crippen LogP contribution in [-0.4, -0.2) is 14.5 Å². The lowest BCUT2D eigenvalue weighted by Gasteiger charge is -2.28. The van der Waals surface area contributed by atoms with Gasteiger partial charge in [0.25, 0.3) is 0 Å². The van der Waals surface area contributed by atoms with Crippen molar-refractivity contribution in [3.63, 3.8) is 0 Å². The van der Waals surface area contributed by atoms with E-state index in [1.54, 1.807) is 0 Å². The zero-order valence-electron chi connectivity index (χ0n) is 11.6. The number of aromatic nitrogens is 3. The quantitative estimate of drug-likeness (QED) is 0.816. The number of nitrogens with one attached hydrogen (secondary N) is 1. The van der Waals surface area contributed by atoms with Crippen molar-refractivity contribution in [2.45, 2.75) is 52.0 Å². The van der Waals surface area contributed by atoms with E-state index in [0.717, 1.165) is 27.5 Å². The van der Waals surface area contributed by atoms with Crippen molar-refractivity contribution in [3.8, 4) is 0 Å². The third kappa shape index (κ3) is 2.34. The molecule has 2 aromatic heterocycles. The van der Waals surface area contributed by atoms with Gasteiger partial charge in [-0.1, -0.05) is 19.3 Å². The van der Waals surface area contributed by atoms with Gasteiger partial charge in [0.05, 0.1) is 5.52 Å². The molecule has 1 atom stereocenters. The molecule has 1 fully saturated rings. The summed E-state index contributed by atoms with van der Waals surface area (Å²) in [7, 11) is 0. The average molecular weight is 275 g/mol. The number of nitrogens with zero attached hydrogens (tertiary/aromatic N) is 2. The number of rotatable bonds is 2. The van der Waals surface area contributed by atoms with Crippen molar-refractivity contribution in [2.75, 3.05) is 0 Å². The Kier molecular flexibility index (Phi) is 3.44. The Balaban J connectivity index is 2.05. The second kappa shape index (κ2) is 5.08. The summed E-state index contributed by atoms with van der Waals surface area (Å²) in [6.45, 7) is 4.33. The Labute approximate surface area is 119 Å². The first-order valence-electron chi connectivity index (χ1n) is 7.24. The van der Waals surface area contributed by atoms with E-state index in [4.69, 9.17) is 12.2 Å². The number of H-pyrrole nitrogens is 1. The van der Waals surface area contributed by atoms with E-state index in [9.17, 15) is 0 Å². The number of hydrogen-bond donors (Lipinski definition) is 1. The van der Waals surface area contributed by atoms with Gasteiger partial charge in [-0.3, -0.25) is 4.57 Å². The maximum absolute atomic E-state index is 5.51. The van der Waals surface area contributed by atoms with Gasteiger partial charge in [0.2, 0.25) is 0 Å². The molecule has 0 amide bonds. The molecule has 1 aliphatic carbocycles. The summed E-state index contributed by atoms with van der Waals surface area (Å²) in [5.74, 6) is 0.738. The fraction of sp³-hybridized carbons (Fsp3) is 0.600. The molecule has 0 bridgehead atoms. The molecule has 0 aromatic carbocycles. The summed E-state index contributed by atoms with van der Waals surface area (Å²) in [5.41, 5.74) is 3.12. The molecular weight excluding hydrogens is 254 g/mol. The molecule has 1 aliphatic rings. The minimum absolute atomic E-state index is 0.441. The topological polar surface area (TPSA) is 33.6 Å². The Morgan fingerprint density at radius 2 is 2.05 bits per heavy atom. The van der Waals surface area contributed by atoms with Crippen LogP contribution in [0.25, 0.3) is 11.2 Å². The molecule has 0 radical (unpaired) electrons. The second-order valence-electron chi connectivity index (χ2n) is 5.76. The highest BCUT2D eigenvalue weighted by Gasteiger charge is 2.23. The lowest BCUT2D eigenvalue weighted by atomic mass is 9.84. The number of aromatic amines is 1. The van der Waals surface area contributed by atoms with E-state index in [2.05, 4.69) is 27.5 Å². The van der Waals surface area contributed by atoms with E-state index in [-0.39, 0.29) is 0 Å². The highest BCUT2D eigenvalue weighted by atomic mass is 32.1. The van der Waals surface area contributed by atoms with Gasteiger partial charge in [-0.15, -0.1) is 0 Å². The standard InChI is InChI=1S/C15H21N3S/c1-10-8-9-13-14(16-10)18(15(19)17-13)11(2)12-6-4-3-5-7-12/h8-9,11-12H,3-7H2,1-2H3,(H,17,19). The fourth-order valence-electron chi connectivity index (χ4n) is 3.30. The van der Waals surface area contributed by atoms with E-state index >= 15 is 0 Å². The molecule has 4 heteroatoms. The van der Waals surface area contributed by atoms with Crippen LogP contribution in [0.5, 0.6) is 0 Å². The zero-order chi connectivity index (χ0) is 13.4. The molecule has 0 saturated heterocycles. The van der Waals surface area contributed by atoms with Crippen LogP contribution >= 0.6 is 12.2 Å². The highest BCUT2D eigenvalue weighted by molar-refractivity contribution is 7.71. The summed E-state index contributed by atoms with van der Waals surface area (Å²) in [6, 6.07) is 4.55. The molecule has 102 valence electrons. The summed E-state index contributed by atoms with van der Waals surface area (Å²) in [4.78, 5) is 7.97. The lowest BCUT2D eigenvalue weighted by molar-refractivity contribution is 0.265. The summed E-state index contributed by atoms with van der Waals surface area (Å²) >= 11 is 5.51. The Morgan fingerprint density at radius 3 is 2.79 bits per heavy atom. The van der Waals surface area contributed by atoms with Crippen LogP contribution in [0.2, 0.25) is 0 Å². The fourth-order valence-corrected chi connectivity index (χ4v) is 3.66. The maximum Gasteiger partial charge on any atom is 0.179 e. The van der Waals surface area contributed by atoms with Gasteiger partial charge < -0.3 is 4.98 Å². The monoisotopic (exact) mass is 275 g/mol. The van der Waals surface area contributed by atoms with Crippen LogP contribution in [0.15, 0.2) is 12.1 Å². The summed E-state index contributed by atoms with van der Waals surface area (Å²) < 4.78 is 3.04. The van der Waals surface area contributed by atoms with E-state index in [1.165, 1.54) is 32.1 Å². The van der Waals surface area contributed by atoms with Gasteiger partial charge in [-0.2, -0.15) is 0 Å². The van der Waals surface area contributed by atoms with Crippen molar-refractivity contribution >= 4 is 23.4 Å². The SMILES string of the molecule is Cc1ccc2[nH]c(=S)n(C(C)C3CCCCC3)c2n1. The van der Waals surface area contributed by atoms with Gasteiger partial charge in [0, 0.05) is 11.7 Å². The minimum Gasteiger partial charge on any atom is -0.329 e. The average Bonchev–Trinajstić information content (AvgIpc) is 2.74. The van der Waals surface area contributed by atoms with Crippen LogP contribution in [-0.2, 0) is 0 Å². The normalized spacial score (nSPS) is 18.8. The van der Waals surface area contributed by atoms with Gasteiger partial charge in [0.15, 0.2) is 10.4 Å². The molecule has 2 heterocycles. The first kappa shape index (κ1) is 12.9. The first-order chi connectivity index (χ1) is 9.16. The smallest absolute Gasteiger partial charge is 0.179 e. The second-order valence-corrected chi connectivity index (χ2v) is 6.15. The van der Waals surface area contributed by atoms with E-state index in [1.807, 2.05) is 13.0 Å². The number of hydrogen-bond acceptors (Lipinski definition) is 2. The minimum atomic E-state index is 0.441. The molecule has 0 spiro atoms. The van der Waals surface area contributed by atoms with E-state index < -0.39 is 0 Å². The van der Waals surface area contributed by atoms with Gasteiger partial charge >= 0.3 is 0 Å². The van der Waals surface area contributed by atoms with Crippen molar-refractivity contribution in [2.24, 2.45) is 5.92 Å². The number of aryl methyl sites for hydroxylation is 1. The van der Waals surface area contributed by atoms with E-state index in [0.29, 0.717) is 6.04 Å².